The molecule has 9 heteroatoms. The van der Waals surface area contributed by atoms with E-state index in [0.717, 1.165) is 25.1 Å². The number of likely N-dealkylation sites (N-methyl/N-ethyl adjacent to an activating group) is 1. The summed E-state index contributed by atoms with van der Waals surface area (Å²) in [6, 6.07) is 7.39. The summed E-state index contributed by atoms with van der Waals surface area (Å²) in [6.07, 6.45) is 4.02. The van der Waals surface area contributed by atoms with Crippen molar-refractivity contribution in [1.29, 1.82) is 0 Å². The lowest BCUT2D eigenvalue weighted by Crippen LogP contribution is -2.30. The summed E-state index contributed by atoms with van der Waals surface area (Å²) < 4.78 is 19.0. The fourth-order valence-corrected chi connectivity index (χ4v) is 2.81. The van der Waals surface area contributed by atoms with Gasteiger partial charge in [-0.2, -0.15) is 0 Å². The zero-order valence-electron chi connectivity index (χ0n) is 14.8. The largest absolute Gasteiger partial charge is 0.366 e. The normalized spacial score (nSPS) is 17.3. The van der Waals surface area contributed by atoms with Crippen LogP contribution in [0.15, 0.2) is 41.6 Å². The second-order valence-electron chi connectivity index (χ2n) is 5.92. The van der Waals surface area contributed by atoms with Crippen LogP contribution < -0.4 is 16.0 Å². The Labute approximate surface area is 155 Å². The van der Waals surface area contributed by atoms with Gasteiger partial charge < -0.3 is 20.5 Å². The maximum atomic E-state index is 10.9. The third-order valence-corrected chi connectivity index (χ3v) is 4.70. The number of nitrogens with zero attached hydrogens (tertiary/aromatic N) is 3. The number of benzene rings is 1. The molecule has 26 heavy (non-hydrogen) atoms. The Morgan fingerprint density at radius 1 is 1.31 bits per heavy atom. The van der Waals surface area contributed by atoms with E-state index in [0.29, 0.717) is 22.4 Å². The number of nitrogens with two attached hydrogens (primary N) is 1. The van der Waals surface area contributed by atoms with Gasteiger partial charge in [0.05, 0.1) is 10.5 Å². The SMILES string of the molecule is CNC1CCN(c2ncc(C(N)=O)cn2)C1.Cc1ccc(S(=O)O)cc1. The molecule has 3 rings (SSSR count). The third kappa shape index (κ3) is 5.58. The molecule has 4 N–H and O–H groups in total. The highest BCUT2D eigenvalue weighted by atomic mass is 32.2. The van der Waals surface area contributed by atoms with Crippen LogP contribution in [0, 0.1) is 6.92 Å². The number of rotatable bonds is 4. The number of aryl methyl sites for hydroxylation is 1. The number of primary amides is 1. The van der Waals surface area contributed by atoms with Crippen molar-refractivity contribution in [3.63, 3.8) is 0 Å². The molecule has 0 bridgehead atoms. The summed E-state index contributed by atoms with van der Waals surface area (Å²) >= 11 is -1.84. The van der Waals surface area contributed by atoms with E-state index in [2.05, 4.69) is 20.2 Å². The molecular weight excluding hydrogens is 354 g/mol. The summed E-state index contributed by atoms with van der Waals surface area (Å²) in [7, 11) is 1.95. The van der Waals surface area contributed by atoms with Crippen LogP contribution >= 0.6 is 0 Å². The smallest absolute Gasteiger partial charge is 0.251 e. The van der Waals surface area contributed by atoms with E-state index in [9.17, 15) is 9.00 Å². The molecule has 1 fully saturated rings. The molecular formula is C17H23N5O3S. The number of nitrogens with one attached hydrogen (secondary N) is 1. The maximum Gasteiger partial charge on any atom is 0.251 e. The maximum absolute atomic E-state index is 10.9. The Hall–Kier alpha value is -2.36. The van der Waals surface area contributed by atoms with E-state index in [1.807, 2.05) is 26.1 Å². The second kappa shape index (κ2) is 9.37. The number of hydrogen-bond donors (Lipinski definition) is 3. The predicted molar refractivity (Wildman–Crippen MR) is 100 cm³/mol. The minimum Gasteiger partial charge on any atom is -0.366 e. The zero-order chi connectivity index (χ0) is 19.1. The molecule has 0 spiro atoms. The molecule has 2 heterocycles. The zero-order valence-corrected chi connectivity index (χ0v) is 15.6. The van der Waals surface area contributed by atoms with Crippen LogP contribution in [0.5, 0.6) is 0 Å². The van der Waals surface area contributed by atoms with Crippen molar-refractivity contribution in [2.75, 3.05) is 25.0 Å². The van der Waals surface area contributed by atoms with Crippen molar-refractivity contribution in [3.8, 4) is 0 Å². The molecule has 0 radical (unpaired) electrons. The summed E-state index contributed by atoms with van der Waals surface area (Å²) in [6.45, 7) is 3.76. The van der Waals surface area contributed by atoms with E-state index >= 15 is 0 Å². The molecule has 1 saturated heterocycles. The van der Waals surface area contributed by atoms with Crippen LogP contribution in [0.3, 0.4) is 0 Å². The van der Waals surface area contributed by atoms with Crippen molar-refractivity contribution >= 4 is 22.9 Å². The topological polar surface area (TPSA) is 121 Å². The van der Waals surface area contributed by atoms with Crippen molar-refractivity contribution in [1.82, 2.24) is 15.3 Å². The van der Waals surface area contributed by atoms with Crippen molar-refractivity contribution < 1.29 is 13.6 Å². The first kappa shape index (κ1) is 20.0. The van der Waals surface area contributed by atoms with Gasteiger partial charge in [0.25, 0.3) is 5.91 Å². The second-order valence-corrected chi connectivity index (χ2v) is 6.89. The quantitative estimate of drug-likeness (QED) is 0.678. The molecule has 1 amide bonds. The van der Waals surface area contributed by atoms with Gasteiger partial charge in [-0.05, 0) is 32.5 Å². The summed E-state index contributed by atoms with van der Waals surface area (Å²) in [4.78, 5) is 21.7. The summed E-state index contributed by atoms with van der Waals surface area (Å²) in [5.41, 5.74) is 6.55. The van der Waals surface area contributed by atoms with Crippen molar-refractivity contribution in [2.24, 2.45) is 5.73 Å². The Morgan fingerprint density at radius 2 is 1.92 bits per heavy atom. The fourth-order valence-electron chi connectivity index (χ4n) is 2.44. The van der Waals surface area contributed by atoms with Crippen LogP contribution in [-0.4, -0.2) is 50.8 Å². The van der Waals surface area contributed by atoms with Gasteiger partial charge in [-0.3, -0.25) is 4.79 Å². The van der Waals surface area contributed by atoms with Crippen LogP contribution in [0.2, 0.25) is 0 Å². The summed E-state index contributed by atoms with van der Waals surface area (Å²) in [5, 5.41) is 3.22. The fraction of sp³-hybridized carbons (Fsp3) is 0.353. The summed E-state index contributed by atoms with van der Waals surface area (Å²) in [5.74, 6) is 0.156. The molecule has 2 atom stereocenters. The number of anilines is 1. The minimum absolute atomic E-state index is 0.341. The lowest BCUT2D eigenvalue weighted by molar-refractivity contribution is 0.0999. The van der Waals surface area contributed by atoms with E-state index in [1.54, 1.807) is 12.1 Å². The van der Waals surface area contributed by atoms with Gasteiger partial charge in [0.2, 0.25) is 5.95 Å². The Balaban J connectivity index is 0.000000209. The van der Waals surface area contributed by atoms with Crippen LogP contribution in [0.4, 0.5) is 5.95 Å². The standard InChI is InChI=1S/C10H15N5O.C7H8O2S/c1-12-8-2-3-15(6-8)10-13-4-7(5-14-10)9(11)16;1-6-2-4-7(5-3-6)10(8)9/h4-5,8,12H,2-3,6H2,1H3,(H2,11,16);2-5H,1H3,(H,8,9). The van der Waals surface area contributed by atoms with Gasteiger partial charge in [0.15, 0.2) is 11.1 Å². The van der Waals surface area contributed by atoms with E-state index in [4.69, 9.17) is 10.3 Å². The highest BCUT2D eigenvalue weighted by Gasteiger charge is 2.22. The van der Waals surface area contributed by atoms with E-state index < -0.39 is 17.0 Å². The molecule has 8 nitrogen and oxygen atoms in total. The molecule has 1 aromatic carbocycles. The predicted octanol–water partition coefficient (Wildman–Crippen LogP) is 0.949. The molecule has 1 aromatic heterocycles. The van der Waals surface area contributed by atoms with Crippen LogP contribution in [-0.2, 0) is 11.1 Å². The van der Waals surface area contributed by atoms with Gasteiger partial charge in [0.1, 0.15) is 0 Å². The highest BCUT2D eigenvalue weighted by molar-refractivity contribution is 7.79. The van der Waals surface area contributed by atoms with Gasteiger partial charge in [-0.1, -0.05) is 17.7 Å². The highest BCUT2D eigenvalue weighted by Crippen LogP contribution is 2.15. The third-order valence-electron chi connectivity index (χ3n) is 4.02. The van der Waals surface area contributed by atoms with E-state index in [1.165, 1.54) is 12.4 Å². The van der Waals surface area contributed by atoms with Crippen LogP contribution in [0.25, 0.3) is 0 Å². The number of carbonyl (C=O) groups excluding carboxylic acids is 1. The number of hydrogen-bond acceptors (Lipinski definition) is 6. The molecule has 1 aliphatic heterocycles. The lowest BCUT2D eigenvalue weighted by Gasteiger charge is -2.15. The molecule has 2 aromatic rings. The van der Waals surface area contributed by atoms with Gasteiger partial charge >= 0.3 is 0 Å². The van der Waals surface area contributed by atoms with Gasteiger partial charge in [-0.15, -0.1) is 0 Å². The van der Waals surface area contributed by atoms with Crippen molar-refractivity contribution in [3.05, 3.63) is 47.8 Å². The molecule has 0 saturated carbocycles. The number of aromatic nitrogens is 2. The molecule has 1 aliphatic rings. The minimum atomic E-state index is -1.84. The first-order valence-corrected chi connectivity index (χ1v) is 9.23. The Bertz CT molecular complexity index is 752. The Morgan fingerprint density at radius 3 is 2.38 bits per heavy atom. The molecule has 2 unspecified atom stereocenters. The van der Waals surface area contributed by atoms with E-state index in [-0.39, 0.29) is 0 Å². The number of amides is 1. The van der Waals surface area contributed by atoms with Gasteiger partial charge in [-0.25, -0.2) is 14.2 Å². The average molecular weight is 377 g/mol. The lowest BCUT2D eigenvalue weighted by atomic mass is 10.2. The average Bonchev–Trinajstić information content (AvgIpc) is 3.12. The molecule has 0 aliphatic carbocycles. The number of carbonyl (C=O) groups is 1. The van der Waals surface area contributed by atoms with Gasteiger partial charge in [0, 0.05) is 31.5 Å². The first-order valence-electron chi connectivity index (χ1n) is 8.12. The Kier molecular flexibility index (Phi) is 7.19. The molecule has 140 valence electrons. The monoisotopic (exact) mass is 377 g/mol. The van der Waals surface area contributed by atoms with Crippen LogP contribution in [0.1, 0.15) is 22.3 Å². The first-order chi connectivity index (χ1) is 12.4. The van der Waals surface area contributed by atoms with Crippen molar-refractivity contribution in [2.45, 2.75) is 24.3 Å².